The van der Waals surface area contributed by atoms with Crippen molar-refractivity contribution in [2.45, 2.75) is 39.3 Å². The second kappa shape index (κ2) is 14.9. The van der Waals surface area contributed by atoms with Crippen molar-refractivity contribution in [3.63, 3.8) is 0 Å². The average molecular weight is 782 g/mol. The molecule has 0 saturated heterocycles. The molecule has 0 aliphatic heterocycles. The molecule has 0 bridgehead atoms. The van der Waals surface area contributed by atoms with Crippen LogP contribution in [0.15, 0.2) is 176 Å². The van der Waals surface area contributed by atoms with Crippen molar-refractivity contribution < 1.29 is 0 Å². The van der Waals surface area contributed by atoms with Gasteiger partial charge in [0.25, 0.3) is 0 Å². The summed E-state index contributed by atoms with van der Waals surface area (Å²) >= 11 is 0. The number of rotatable bonds is 8. The predicted octanol–water partition coefficient (Wildman–Crippen LogP) is 13.3. The Morgan fingerprint density at radius 1 is 0.276 bits per heavy atom. The Morgan fingerprint density at radius 2 is 0.603 bits per heavy atom. The molecule has 0 unspecified atom stereocenters. The highest BCUT2D eigenvalue weighted by Crippen LogP contribution is 2.35. The van der Waals surface area contributed by atoms with Gasteiger partial charge in [-0.25, -0.2) is 15.0 Å². The van der Waals surface area contributed by atoms with E-state index in [2.05, 4.69) is 215 Å². The van der Waals surface area contributed by atoms with Gasteiger partial charge in [0.2, 0.25) is 0 Å². The van der Waals surface area contributed by atoms with Crippen molar-refractivity contribution in [1.82, 2.24) is 15.0 Å². The minimum Gasteiger partial charge on any atom is -0.208 e. The van der Waals surface area contributed by atoms with Gasteiger partial charge in [0.15, 0.2) is 17.5 Å². The normalized spacial score (nSPS) is 12.0. The Balaban J connectivity index is 1.20. The highest BCUT2D eigenvalue weighted by Gasteiger charge is 2.24. The molecule has 0 aliphatic carbocycles. The lowest BCUT2D eigenvalue weighted by molar-refractivity contribution is 1.08. The summed E-state index contributed by atoms with van der Waals surface area (Å²) in [5, 5.41) is 7.79. The third-order valence-electron chi connectivity index (χ3n) is 11.2. The van der Waals surface area contributed by atoms with E-state index >= 15 is 0 Å². The molecule has 3 nitrogen and oxygen atoms in total. The fraction of sp³-hybridized carbons (Fsp3) is 0.113. The maximum atomic E-state index is 5.34. The predicted molar refractivity (Wildman–Crippen MR) is 253 cm³/mol. The molecular formula is C53H47N3Si2. The maximum absolute atomic E-state index is 5.34. The van der Waals surface area contributed by atoms with Crippen LogP contribution in [-0.4, -0.2) is 31.1 Å². The van der Waals surface area contributed by atoms with Gasteiger partial charge in [-0.2, -0.15) is 0 Å². The first-order chi connectivity index (χ1) is 28.0. The van der Waals surface area contributed by atoms with Gasteiger partial charge in [-0.15, -0.1) is 0 Å². The van der Waals surface area contributed by atoms with Crippen molar-refractivity contribution in [3.8, 4) is 67.5 Å². The zero-order chi connectivity index (χ0) is 40.0. The van der Waals surface area contributed by atoms with Gasteiger partial charge in [-0.1, -0.05) is 207 Å². The van der Waals surface area contributed by atoms with E-state index in [9.17, 15) is 0 Å². The van der Waals surface area contributed by atoms with Crippen molar-refractivity contribution >= 4 is 48.1 Å². The molecule has 0 N–H and O–H groups in total. The largest absolute Gasteiger partial charge is 0.208 e. The van der Waals surface area contributed by atoms with Crippen LogP contribution in [0.5, 0.6) is 0 Å². The lowest BCUT2D eigenvalue weighted by atomic mass is 9.95. The summed E-state index contributed by atoms with van der Waals surface area (Å²) in [7, 11) is -3.27. The first-order valence-corrected chi connectivity index (χ1v) is 27.2. The van der Waals surface area contributed by atoms with Crippen LogP contribution in [0.1, 0.15) is 0 Å². The summed E-state index contributed by atoms with van der Waals surface area (Å²) in [6.45, 7) is 14.5. The monoisotopic (exact) mass is 781 g/mol. The van der Waals surface area contributed by atoms with E-state index in [-0.39, 0.29) is 0 Å². The molecule has 58 heavy (non-hydrogen) atoms. The molecule has 0 amide bonds. The SMILES string of the molecule is C[Si](C)(C)c1ccc(-c2nc(-c3cccc(-c4cccc(-c5cccc(-c6ccccc6)c5)c4)c3)nc(-c3ccc([Si](C)(C)C)c4ccccc34)n2)c2ccccc12. The van der Waals surface area contributed by atoms with Gasteiger partial charge < -0.3 is 0 Å². The van der Waals surface area contributed by atoms with Crippen molar-refractivity contribution in [2.75, 3.05) is 0 Å². The van der Waals surface area contributed by atoms with E-state index in [0.717, 1.165) is 27.8 Å². The molecule has 1 heterocycles. The van der Waals surface area contributed by atoms with Gasteiger partial charge >= 0.3 is 0 Å². The number of aromatic nitrogens is 3. The molecule has 0 fully saturated rings. The van der Waals surface area contributed by atoms with Crippen LogP contribution >= 0.6 is 0 Å². The molecule has 1 aromatic heterocycles. The molecule has 0 atom stereocenters. The van der Waals surface area contributed by atoms with Gasteiger partial charge in [0.1, 0.15) is 0 Å². The zero-order valence-electron chi connectivity index (χ0n) is 34.1. The van der Waals surface area contributed by atoms with Crippen LogP contribution in [0.25, 0.3) is 89.1 Å². The summed E-state index contributed by atoms with van der Waals surface area (Å²) < 4.78 is 0. The highest BCUT2D eigenvalue weighted by molar-refractivity contribution is 6.91. The Hall–Kier alpha value is -6.28. The van der Waals surface area contributed by atoms with Gasteiger partial charge in [0, 0.05) is 16.7 Å². The smallest absolute Gasteiger partial charge is 0.164 e. The van der Waals surface area contributed by atoms with Crippen LogP contribution in [0, 0.1) is 0 Å². The van der Waals surface area contributed by atoms with E-state index in [4.69, 9.17) is 15.0 Å². The molecule has 282 valence electrons. The van der Waals surface area contributed by atoms with Crippen LogP contribution < -0.4 is 10.4 Å². The van der Waals surface area contributed by atoms with E-state index in [0.29, 0.717) is 17.5 Å². The fourth-order valence-electron chi connectivity index (χ4n) is 8.27. The minimum atomic E-state index is -1.63. The number of hydrogen-bond donors (Lipinski definition) is 0. The second-order valence-corrected chi connectivity index (χ2v) is 27.4. The molecule has 9 rings (SSSR count). The van der Waals surface area contributed by atoms with E-state index in [1.165, 1.54) is 54.2 Å². The van der Waals surface area contributed by atoms with Crippen molar-refractivity contribution in [1.29, 1.82) is 0 Å². The maximum Gasteiger partial charge on any atom is 0.164 e. The van der Waals surface area contributed by atoms with Crippen LogP contribution in [0.2, 0.25) is 39.3 Å². The number of nitrogens with zero attached hydrogens (tertiary/aromatic N) is 3. The summed E-state index contributed by atoms with van der Waals surface area (Å²) in [4.78, 5) is 16.0. The number of fused-ring (bicyclic) bond motifs is 2. The third-order valence-corrected chi connectivity index (χ3v) is 15.3. The number of hydrogen-bond acceptors (Lipinski definition) is 3. The molecule has 0 aliphatic rings. The Bertz CT molecular complexity index is 2860. The van der Waals surface area contributed by atoms with E-state index < -0.39 is 16.1 Å². The quantitative estimate of drug-likeness (QED) is 0.144. The molecule has 0 saturated carbocycles. The average Bonchev–Trinajstić information content (AvgIpc) is 3.25. The Morgan fingerprint density at radius 3 is 1.03 bits per heavy atom. The summed E-state index contributed by atoms with van der Waals surface area (Å²) in [6, 6.07) is 63.4. The Labute approximate surface area is 344 Å². The summed E-state index contributed by atoms with van der Waals surface area (Å²) in [5.41, 5.74) is 10.0. The summed E-state index contributed by atoms with van der Waals surface area (Å²) in [5.74, 6) is 2.02. The topological polar surface area (TPSA) is 38.7 Å². The molecule has 9 aromatic rings. The van der Waals surface area contributed by atoms with E-state index in [1.807, 2.05) is 0 Å². The molecular weight excluding hydrogens is 735 g/mol. The lowest BCUT2D eigenvalue weighted by Crippen LogP contribution is -2.38. The van der Waals surface area contributed by atoms with Crippen molar-refractivity contribution in [2.24, 2.45) is 0 Å². The summed E-state index contributed by atoms with van der Waals surface area (Å²) in [6.07, 6.45) is 0. The second-order valence-electron chi connectivity index (χ2n) is 17.3. The molecule has 5 heteroatoms. The minimum absolute atomic E-state index is 0.658. The fourth-order valence-corrected chi connectivity index (χ4v) is 11.5. The first kappa shape index (κ1) is 37.3. The standard InChI is InChI=1S/C53H47N3Si2/c1-57(2,3)49-31-29-47(43-25-10-12-27-45(43)49)52-54-51(55-53(56-52)48-30-32-50(58(4,5)6)46-28-13-11-26-44(46)48)42-24-16-23-41(35-42)40-22-15-21-39(34-40)38-20-14-19-37(33-38)36-17-8-7-9-18-36/h7-35H,1-6H3. The molecule has 0 spiro atoms. The van der Waals surface area contributed by atoms with Crippen LogP contribution in [-0.2, 0) is 0 Å². The Kier molecular flexibility index (Phi) is 9.59. The third kappa shape index (κ3) is 7.24. The van der Waals surface area contributed by atoms with Gasteiger partial charge in [-0.05, 0) is 73.1 Å². The zero-order valence-corrected chi connectivity index (χ0v) is 36.1. The molecule has 0 radical (unpaired) electrons. The highest BCUT2D eigenvalue weighted by atomic mass is 28.3. The van der Waals surface area contributed by atoms with Gasteiger partial charge in [-0.3, -0.25) is 0 Å². The van der Waals surface area contributed by atoms with Crippen LogP contribution in [0.4, 0.5) is 0 Å². The lowest BCUT2D eigenvalue weighted by Gasteiger charge is -2.21. The van der Waals surface area contributed by atoms with Crippen LogP contribution in [0.3, 0.4) is 0 Å². The van der Waals surface area contributed by atoms with E-state index in [1.54, 1.807) is 0 Å². The first-order valence-electron chi connectivity index (χ1n) is 20.2. The van der Waals surface area contributed by atoms with Gasteiger partial charge in [0.05, 0.1) is 16.1 Å². The van der Waals surface area contributed by atoms with Crippen molar-refractivity contribution in [3.05, 3.63) is 176 Å². The molecule has 8 aromatic carbocycles. The number of benzene rings is 8.